The molecule has 1 amide bonds. The quantitative estimate of drug-likeness (QED) is 0.222. The average molecular weight is 474 g/mol. The molecule has 2 rings (SSSR count). The minimum Gasteiger partial charge on any atom is -0.370 e. The summed E-state index contributed by atoms with van der Waals surface area (Å²) in [5, 5.41) is 6.04. The number of halogens is 1. The largest absolute Gasteiger partial charge is 0.370 e. The van der Waals surface area contributed by atoms with Gasteiger partial charge in [0.1, 0.15) is 6.10 Å². The highest BCUT2D eigenvalue weighted by Gasteiger charge is 2.23. The molecule has 1 aromatic rings. The van der Waals surface area contributed by atoms with E-state index >= 15 is 0 Å². The molecule has 1 heterocycles. The first-order chi connectivity index (χ1) is 12.2. The molecule has 0 aliphatic carbocycles. The first-order valence-corrected chi connectivity index (χ1v) is 9.24. The normalized spacial score (nSPS) is 16.8. The molecule has 1 unspecified atom stereocenters. The second kappa shape index (κ2) is 12.9. The van der Waals surface area contributed by atoms with Crippen molar-refractivity contribution in [2.75, 3.05) is 18.5 Å². The molecular weight excluding hydrogens is 443 g/mol. The van der Waals surface area contributed by atoms with Crippen molar-refractivity contribution in [3.05, 3.63) is 29.8 Å². The molecule has 7 heteroatoms. The molecule has 1 aliphatic rings. The second-order valence-electron chi connectivity index (χ2n) is 6.38. The summed E-state index contributed by atoms with van der Waals surface area (Å²) in [4.78, 5) is 16.4. The van der Waals surface area contributed by atoms with Crippen LogP contribution in [0.2, 0.25) is 0 Å². The molecule has 1 aromatic carbocycles. The van der Waals surface area contributed by atoms with Gasteiger partial charge in [0.15, 0.2) is 5.96 Å². The Bertz CT molecular complexity index is 574. The van der Waals surface area contributed by atoms with Gasteiger partial charge in [-0.05, 0) is 37.0 Å². The number of nitrogens with one attached hydrogen (secondary N) is 2. The van der Waals surface area contributed by atoms with Gasteiger partial charge in [-0.3, -0.25) is 4.79 Å². The van der Waals surface area contributed by atoms with Crippen molar-refractivity contribution in [3.8, 4) is 0 Å². The molecule has 1 atom stereocenters. The van der Waals surface area contributed by atoms with Gasteiger partial charge in [-0.15, -0.1) is 24.0 Å². The Labute approximate surface area is 173 Å². The zero-order valence-corrected chi connectivity index (χ0v) is 17.8. The zero-order valence-electron chi connectivity index (χ0n) is 15.5. The van der Waals surface area contributed by atoms with Crippen molar-refractivity contribution >= 4 is 41.5 Å². The molecule has 1 saturated heterocycles. The van der Waals surface area contributed by atoms with Gasteiger partial charge in [0.2, 0.25) is 0 Å². The molecule has 0 radical (unpaired) electrons. The van der Waals surface area contributed by atoms with Crippen LogP contribution in [0.5, 0.6) is 0 Å². The van der Waals surface area contributed by atoms with E-state index < -0.39 is 0 Å². The number of carbonyl (C=O) groups excluding carboxylic acids is 1. The van der Waals surface area contributed by atoms with E-state index in [4.69, 9.17) is 10.5 Å². The number of hydrogen-bond donors (Lipinski definition) is 3. The van der Waals surface area contributed by atoms with Gasteiger partial charge in [0.25, 0.3) is 5.91 Å². The minimum atomic E-state index is -0.325. The summed E-state index contributed by atoms with van der Waals surface area (Å²) in [6, 6.07) is 7.67. The van der Waals surface area contributed by atoms with Crippen LogP contribution < -0.4 is 16.4 Å². The lowest BCUT2D eigenvalue weighted by Gasteiger charge is -2.11. The number of benzene rings is 1. The SMILES string of the molecule is CCCCCCNC(N)=NCc1cccc(NC(=O)C2CCCO2)c1.I. The monoisotopic (exact) mass is 474 g/mol. The van der Waals surface area contributed by atoms with E-state index in [1.165, 1.54) is 19.3 Å². The molecular formula is C19H31IN4O2. The van der Waals surface area contributed by atoms with E-state index in [2.05, 4.69) is 22.5 Å². The van der Waals surface area contributed by atoms with Crippen LogP contribution in [0.4, 0.5) is 5.69 Å². The summed E-state index contributed by atoms with van der Waals surface area (Å²) in [6.07, 6.45) is 6.20. The summed E-state index contributed by atoms with van der Waals surface area (Å²) in [5.41, 5.74) is 7.65. The second-order valence-corrected chi connectivity index (χ2v) is 6.38. The number of rotatable bonds is 9. The lowest BCUT2D eigenvalue weighted by atomic mass is 10.2. The minimum absolute atomic E-state index is 0. The summed E-state index contributed by atoms with van der Waals surface area (Å²) < 4.78 is 5.40. The third kappa shape index (κ3) is 8.35. The van der Waals surface area contributed by atoms with Gasteiger partial charge in [-0.1, -0.05) is 38.3 Å². The zero-order chi connectivity index (χ0) is 17.9. The maximum atomic E-state index is 12.1. The van der Waals surface area contributed by atoms with Crippen LogP contribution >= 0.6 is 24.0 Å². The van der Waals surface area contributed by atoms with E-state index in [0.717, 1.165) is 37.1 Å². The van der Waals surface area contributed by atoms with Gasteiger partial charge in [0.05, 0.1) is 6.54 Å². The molecule has 0 saturated carbocycles. The topological polar surface area (TPSA) is 88.7 Å². The van der Waals surface area contributed by atoms with E-state index in [1.54, 1.807) is 0 Å². The molecule has 0 spiro atoms. The van der Waals surface area contributed by atoms with Crippen molar-refractivity contribution in [3.63, 3.8) is 0 Å². The number of carbonyl (C=O) groups is 1. The van der Waals surface area contributed by atoms with Gasteiger partial charge >= 0.3 is 0 Å². The van der Waals surface area contributed by atoms with E-state index in [1.807, 2.05) is 24.3 Å². The Morgan fingerprint density at radius 1 is 1.35 bits per heavy atom. The number of hydrogen-bond acceptors (Lipinski definition) is 3. The van der Waals surface area contributed by atoms with Crippen LogP contribution in [0, 0.1) is 0 Å². The predicted molar refractivity (Wildman–Crippen MR) is 117 cm³/mol. The van der Waals surface area contributed by atoms with E-state index in [-0.39, 0.29) is 36.0 Å². The third-order valence-electron chi connectivity index (χ3n) is 4.19. The first-order valence-electron chi connectivity index (χ1n) is 9.24. The number of nitrogens with zero attached hydrogens (tertiary/aromatic N) is 1. The Hall–Kier alpha value is -1.35. The highest BCUT2D eigenvalue weighted by molar-refractivity contribution is 14.0. The van der Waals surface area contributed by atoms with Crippen LogP contribution in [-0.4, -0.2) is 31.1 Å². The van der Waals surface area contributed by atoms with E-state index in [9.17, 15) is 4.79 Å². The molecule has 0 aromatic heterocycles. The maximum absolute atomic E-state index is 12.1. The molecule has 1 fully saturated rings. The van der Waals surface area contributed by atoms with Crippen molar-refractivity contribution in [2.24, 2.45) is 10.7 Å². The predicted octanol–water partition coefficient (Wildman–Crippen LogP) is 3.41. The lowest BCUT2D eigenvalue weighted by Crippen LogP contribution is -2.32. The molecule has 0 bridgehead atoms. The standard InChI is InChI=1S/C19H30N4O2.HI/c1-2-3-4-5-11-21-19(20)22-14-15-8-6-9-16(13-15)23-18(24)17-10-7-12-25-17;/h6,8-9,13,17H,2-5,7,10-12,14H2,1H3,(H,23,24)(H3,20,21,22);1H. The number of nitrogens with two attached hydrogens (primary N) is 1. The van der Waals surface area contributed by atoms with Crippen molar-refractivity contribution < 1.29 is 9.53 Å². The van der Waals surface area contributed by atoms with Crippen LogP contribution in [0.1, 0.15) is 51.0 Å². The van der Waals surface area contributed by atoms with Crippen molar-refractivity contribution in [1.29, 1.82) is 0 Å². The van der Waals surface area contributed by atoms with Gasteiger partial charge in [-0.2, -0.15) is 0 Å². The third-order valence-corrected chi connectivity index (χ3v) is 4.19. The lowest BCUT2D eigenvalue weighted by molar-refractivity contribution is -0.124. The average Bonchev–Trinajstić information content (AvgIpc) is 3.15. The van der Waals surface area contributed by atoms with Crippen LogP contribution in [0.15, 0.2) is 29.3 Å². The number of guanidine groups is 1. The fourth-order valence-corrected chi connectivity index (χ4v) is 2.76. The Balaban J connectivity index is 0.00000338. The van der Waals surface area contributed by atoms with Crippen molar-refractivity contribution in [2.45, 2.75) is 58.1 Å². The Morgan fingerprint density at radius 3 is 2.92 bits per heavy atom. The fraction of sp³-hybridized carbons (Fsp3) is 0.579. The Kier molecular flexibility index (Phi) is 11.3. The van der Waals surface area contributed by atoms with Crippen LogP contribution in [0.25, 0.3) is 0 Å². The summed E-state index contributed by atoms with van der Waals surface area (Å²) in [5.74, 6) is 0.386. The van der Waals surface area contributed by atoms with Crippen LogP contribution in [-0.2, 0) is 16.1 Å². The van der Waals surface area contributed by atoms with Gasteiger partial charge < -0.3 is 21.1 Å². The van der Waals surface area contributed by atoms with Crippen LogP contribution in [0.3, 0.4) is 0 Å². The molecule has 1 aliphatic heterocycles. The number of aliphatic imine (C=N–C) groups is 1. The highest BCUT2D eigenvalue weighted by Crippen LogP contribution is 2.16. The smallest absolute Gasteiger partial charge is 0.253 e. The number of amides is 1. The summed E-state index contributed by atoms with van der Waals surface area (Å²) >= 11 is 0. The number of ether oxygens (including phenoxy) is 1. The molecule has 146 valence electrons. The van der Waals surface area contributed by atoms with Crippen molar-refractivity contribution in [1.82, 2.24) is 5.32 Å². The van der Waals surface area contributed by atoms with Gasteiger partial charge in [0, 0.05) is 18.8 Å². The van der Waals surface area contributed by atoms with E-state index in [0.29, 0.717) is 19.1 Å². The number of anilines is 1. The maximum Gasteiger partial charge on any atom is 0.253 e. The fourth-order valence-electron chi connectivity index (χ4n) is 2.76. The summed E-state index contributed by atoms with van der Waals surface area (Å²) in [6.45, 7) is 4.20. The summed E-state index contributed by atoms with van der Waals surface area (Å²) in [7, 11) is 0. The van der Waals surface area contributed by atoms with Gasteiger partial charge in [-0.25, -0.2) is 4.99 Å². The Morgan fingerprint density at radius 2 is 2.19 bits per heavy atom. The first kappa shape index (κ1) is 22.7. The highest BCUT2D eigenvalue weighted by atomic mass is 127. The molecule has 4 N–H and O–H groups in total. The molecule has 26 heavy (non-hydrogen) atoms. The number of unbranched alkanes of at least 4 members (excludes halogenated alkanes) is 3. The molecule has 6 nitrogen and oxygen atoms in total.